The summed E-state index contributed by atoms with van der Waals surface area (Å²) in [4.78, 5) is 39.5. The van der Waals surface area contributed by atoms with Gasteiger partial charge in [0, 0.05) is 36.8 Å². The van der Waals surface area contributed by atoms with Gasteiger partial charge in [-0.15, -0.1) is 0 Å². The molecule has 0 spiro atoms. The molecule has 25 heavy (non-hydrogen) atoms. The normalized spacial score (nSPS) is 15.5. The summed E-state index contributed by atoms with van der Waals surface area (Å²) in [7, 11) is 0. The Bertz CT molecular complexity index is 627. The van der Waals surface area contributed by atoms with Gasteiger partial charge >= 0.3 is 6.09 Å². The first-order valence-electron chi connectivity index (χ1n) is 8.19. The van der Waals surface area contributed by atoms with Gasteiger partial charge in [-0.1, -0.05) is 11.6 Å². The summed E-state index contributed by atoms with van der Waals surface area (Å²) in [5, 5.41) is 3.23. The number of ether oxygens (including phenoxy) is 1. The van der Waals surface area contributed by atoms with Gasteiger partial charge in [0.2, 0.25) is 5.91 Å². The third-order valence-corrected chi connectivity index (χ3v) is 4.19. The molecule has 1 atom stereocenters. The maximum atomic E-state index is 12.5. The second kappa shape index (κ2) is 8.71. The number of halogens is 1. The zero-order valence-corrected chi connectivity index (χ0v) is 15.1. The van der Waals surface area contributed by atoms with E-state index in [0.717, 1.165) is 0 Å². The molecule has 8 heteroatoms. The summed E-state index contributed by atoms with van der Waals surface area (Å²) in [5.41, 5.74) is 0.441. The molecule has 1 aliphatic rings. The molecule has 3 amide bonds. The third kappa shape index (κ3) is 5.09. The lowest BCUT2D eigenvalue weighted by atomic mass is 10.2. The molecule has 2 rings (SSSR count). The Morgan fingerprint density at radius 2 is 1.68 bits per heavy atom. The van der Waals surface area contributed by atoms with E-state index in [1.807, 2.05) is 0 Å². The zero-order chi connectivity index (χ0) is 18.4. The van der Waals surface area contributed by atoms with Crippen LogP contribution in [0.3, 0.4) is 0 Å². The first-order chi connectivity index (χ1) is 11.9. The Balaban J connectivity index is 1.85. The molecule has 0 aromatic heterocycles. The van der Waals surface area contributed by atoms with Crippen LogP contribution in [0, 0.1) is 0 Å². The van der Waals surface area contributed by atoms with Crippen LogP contribution in [0.1, 0.15) is 24.2 Å². The molecule has 1 fully saturated rings. The van der Waals surface area contributed by atoms with Crippen molar-refractivity contribution in [3.63, 3.8) is 0 Å². The molecule has 7 nitrogen and oxygen atoms in total. The number of hydrogen-bond donors (Lipinski definition) is 1. The molecule has 0 bridgehead atoms. The van der Waals surface area contributed by atoms with Gasteiger partial charge in [-0.3, -0.25) is 9.59 Å². The summed E-state index contributed by atoms with van der Waals surface area (Å²) in [6.07, 6.45) is -0.362. The number of carbonyl (C=O) groups is 3. The fraction of sp³-hybridized carbons (Fsp3) is 0.471. The highest BCUT2D eigenvalue weighted by Crippen LogP contribution is 2.10. The molecule has 0 unspecified atom stereocenters. The Morgan fingerprint density at radius 1 is 1.12 bits per heavy atom. The van der Waals surface area contributed by atoms with Crippen molar-refractivity contribution in [2.75, 3.05) is 32.8 Å². The number of hydrogen-bond acceptors (Lipinski definition) is 4. The van der Waals surface area contributed by atoms with Crippen molar-refractivity contribution in [3.05, 3.63) is 34.9 Å². The number of rotatable bonds is 4. The highest BCUT2D eigenvalue weighted by Gasteiger charge is 2.28. The minimum atomic E-state index is -0.655. The highest BCUT2D eigenvalue weighted by molar-refractivity contribution is 6.30. The van der Waals surface area contributed by atoms with Gasteiger partial charge < -0.3 is 19.9 Å². The predicted molar refractivity (Wildman–Crippen MR) is 93.6 cm³/mol. The number of amides is 3. The Labute approximate surface area is 151 Å². The maximum absolute atomic E-state index is 12.5. The molecule has 1 aromatic rings. The average molecular weight is 368 g/mol. The lowest BCUT2D eigenvalue weighted by molar-refractivity contribution is -0.134. The van der Waals surface area contributed by atoms with E-state index in [0.29, 0.717) is 43.4 Å². The molecule has 1 aromatic carbocycles. The zero-order valence-electron chi connectivity index (χ0n) is 14.3. The van der Waals surface area contributed by atoms with Crippen LogP contribution in [-0.4, -0.2) is 66.5 Å². The van der Waals surface area contributed by atoms with Gasteiger partial charge in [0.05, 0.1) is 6.61 Å². The molecular formula is C17H22ClN3O4. The van der Waals surface area contributed by atoms with Crippen LogP contribution in [-0.2, 0) is 9.53 Å². The van der Waals surface area contributed by atoms with Gasteiger partial charge in [-0.05, 0) is 38.1 Å². The van der Waals surface area contributed by atoms with Crippen molar-refractivity contribution in [1.82, 2.24) is 15.1 Å². The number of nitrogens with one attached hydrogen (secondary N) is 1. The van der Waals surface area contributed by atoms with Crippen molar-refractivity contribution in [2.24, 2.45) is 0 Å². The van der Waals surface area contributed by atoms with Crippen molar-refractivity contribution in [3.8, 4) is 0 Å². The van der Waals surface area contributed by atoms with E-state index in [1.54, 1.807) is 47.9 Å². The second-order valence-corrected chi connectivity index (χ2v) is 6.15. The monoisotopic (exact) mass is 367 g/mol. The molecule has 136 valence electrons. The Kier molecular flexibility index (Phi) is 6.64. The third-order valence-electron chi connectivity index (χ3n) is 3.94. The number of benzene rings is 1. The van der Waals surface area contributed by atoms with Gasteiger partial charge in [-0.2, -0.15) is 0 Å². The molecule has 0 aliphatic carbocycles. The van der Waals surface area contributed by atoms with Crippen LogP contribution in [0.5, 0.6) is 0 Å². The summed E-state index contributed by atoms with van der Waals surface area (Å²) in [5.74, 6) is -0.506. The van der Waals surface area contributed by atoms with E-state index in [-0.39, 0.29) is 17.9 Å². The standard InChI is InChI=1S/C17H22ClN3O4/c1-3-25-17(24)21-10-8-20(9-11-21)16(23)12(2)19-15(22)13-4-6-14(18)7-5-13/h4-7,12H,3,8-11H2,1-2H3,(H,19,22)/t12-/m1/s1. The number of carbonyl (C=O) groups excluding carboxylic acids is 3. The first kappa shape index (κ1) is 19.1. The van der Waals surface area contributed by atoms with E-state index in [4.69, 9.17) is 16.3 Å². The minimum absolute atomic E-state index is 0.175. The van der Waals surface area contributed by atoms with Gasteiger partial charge in [-0.25, -0.2) is 4.79 Å². The summed E-state index contributed by atoms with van der Waals surface area (Å²) in [6, 6.07) is 5.80. The van der Waals surface area contributed by atoms with Crippen molar-refractivity contribution in [1.29, 1.82) is 0 Å². The van der Waals surface area contributed by atoms with Gasteiger partial charge in [0.15, 0.2) is 0 Å². The lowest BCUT2D eigenvalue weighted by Gasteiger charge is -2.35. The minimum Gasteiger partial charge on any atom is -0.450 e. The van der Waals surface area contributed by atoms with Crippen molar-refractivity contribution < 1.29 is 19.1 Å². The number of piperazine rings is 1. The van der Waals surface area contributed by atoms with Gasteiger partial charge in [0.25, 0.3) is 5.91 Å². The molecule has 1 saturated heterocycles. The van der Waals surface area contributed by atoms with Crippen LogP contribution in [0.15, 0.2) is 24.3 Å². The lowest BCUT2D eigenvalue weighted by Crippen LogP contribution is -2.55. The highest BCUT2D eigenvalue weighted by atomic mass is 35.5. The topological polar surface area (TPSA) is 79.0 Å². The molecule has 1 heterocycles. The van der Waals surface area contributed by atoms with Crippen LogP contribution in [0.2, 0.25) is 5.02 Å². The van der Waals surface area contributed by atoms with Crippen molar-refractivity contribution >= 4 is 29.5 Å². The summed E-state index contributed by atoms with van der Waals surface area (Å²) in [6.45, 7) is 5.39. The van der Waals surface area contributed by atoms with E-state index in [2.05, 4.69) is 5.32 Å². The van der Waals surface area contributed by atoms with E-state index in [9.17, 15) is 14.4 Å². The summed E-state index contributed by atoms with van der Waals surface area (Å²) >= 11 is 5.80. The molecular weight excluding hydrogens is 346 g/mol. The van der Waals surface area contributed by atoms with E-state index in [1.165, 1.54) is 0 Å². The Morgan fingerprint density at radius 3 is 2.24 bits per heavy atom. The van der Waals surface area contributed by atoms with Crippen molar-refractivity contribution in [2.45, 2.75) is 19.9 Å². The quantitative estimate of drug-likeness (QED) is 0.879. The fourth-order valence-electron chi connectivity index (χ4n) is 2.54. The number of nitrogens with zero attached hydrogens (tertiary/aromatic N) is 2. The SMILES string of the molecule is CCOC(=O)N1CCN(C(=O)[C@@H](C)NC(=O)c2ccc(Cl)cc2)CC1. The van der Waals surface area contributed by atoms with Crippen LogP contribution in [0.4, 0.5) is 4.79 Å². The maximum Gasteiger partial charge on any atom is 0.409 e. The average Bonchev–Trinajstić information content (AvgIpc) is 2.61. The van der Waals surface area contributed by atoms with Crippen LogP contribution >= 0.6 is 11.6 Å². The fourth-order valence-corrected chi connectivity index (χ4v) is 2.67. The first-order valence-corrected chi connectivity index (χ1v) is 8.57. The largest absolute Gasteiger partial charge is 0.450 e. The predicted octanol–water partition coefficient (Wildman–Crippen LogP) is 1.76. The molecule has 0 saturated carbocycles. The molecule has 0 radical (unpaired) electrons. The van der Waals surface area contributed by atoms with E-state index < -0.39 is 6.04 Å². The second-order valence-electron chi connectivity index (χ2n) is 5.71. The Hall–Kier alpha value is -2.28. The molecule has 1 aliphatic heterocycles. The van der Waals surface area contributed by atoms with E-state index >= 15 is 0 Å². The van der Waals surface area contributed by atoms with Crippen LogP contribution < -0.4 is 5.32 Å². The van der Waals surface area contributed by atoms with Crippen LogP contribution in [0.25, 0.3) is 0 Å². The summed E-state index contributed by atoms with van der Waals surface area (Å²) < 4.78 is 4.95. The smallest absolute Gasteiger partial charge is 0.409 e. The molecule has 1 N–H and O–H groups in total. The van der Waals surface area contributed by atoms with Gasteiger partial charge in [0.1, 0.15) is 6.04 Å².